The Morgan fingerprint density at radius 1 is 1.20 bits per heavy atom. The molecule has 0 saturated carbocycles. The van der Waals surface area contributed by atoms with E-state index < -0.39 is 10.7 Å². The number of benzene rings is 1. The smallest absolute Gasteiger partial charge is 0.140 e. The molecule has 1 aromatic carbocycles. The first-order chi connectivity index (χ1) is 7.04. The molecule has 1 N–H and O–H groups in total. The van der Waals surface area contributed by atoms with Gasteiger partial charge in [-0.25, -0.2) is 8.42 Å². The monoisotopic (exact) mass is 227 g/mol. The van der Waals surface area contributed by atoms with Gasteiger partial charge in [0.1, 0.15) is 10.7 Å². The molecule has 0 aliphatic carbocycles. The van der Waals surface area contributed by atoms with Crippen LogP contribution >= 0.6 is 0 Å². The van der Waals surface area contributed by atoms with Crippen LogP contribution < -0.4 is 5.32 Å². The van der Waals surface area contributed by atoms with Gasteiger partial charge < -0.3 is 5.32 Å². The van der Waals surface area contributed by atoms with E-state index in [1.165, 1.54) is 0 Å². The molecule has 0 spiro atoms. The number of aryl methyl sites for hydroxylation is 2. The molecular weight excluding hydrogens is 210 g/mol. The summed E-state index contributed by atoms with van der Waals surface area (Å²) in [5, 5.41) is 3.08. The third-order valence-electron chi connectivity index (χ3n) is 2.53. The second kappa shape index (κ2) is 5.16. The molecule has 0 saturated heterocycles. The molecule has 4 heteroatoms. The van der Waals surface area contributed by atoms with Crippen molar-refractivity contribution in [2.24, 2.45) is 0 Å². The van der Waals surface area contributed by atoms with Crippen molar-refractivity contribution < 1.29 is 8.42 Å². The summed E-state index contributed by atoms with van der Waals surface area (Å²) in [5.74, 6) is 0.232. The highest BCUT2D eigenvalue weighted by atomic mass is 32.2. The summed E-state index contributed by atoms with van der Waals surface area (Å²) >= 11 is 0. The average Bonchev–Trinajstić information content (AvgIpc) is 2.15. The van der Waals surface area contributed by atoms with Gasteiger partial charge in [0.25, 0.3) is 0 Å². The van der Waals surface area contributed by atoms with E-state index in [0.29, 0.717) is 6.42 Å². The van der Waals surface area contributed by atoms with Crippen molar-refractivity contribution in [3.05, 3.63) is 28.8 Å². The summed E-state index contributed by atoms with van der Waals surface area (Å²) < 4.78 is 21.1. The van der Waals surface area contributed by atoms with Crippen LogP contribution in [0.15, 0.2) is 12.1 Å². The molecule has 0 aliphatic heterocycles. The van der Waals surface area contributed by atoms with Crippen molar-refractivity contribution in [3.8, 4) is 0 Å². The topological polar surface area (TPSA) is 46.2 Å². The zero-order chi connectivity index (χ0) is 11.4. The van der Waals surface area contributed by atoms with E-state index in [1.807, 2.05) is 33.0 Å². The molecule has 0 unspecified atom stereocenters. The van der Waals surface area contributed by atoms with Crippen LogP contribution in [0, 0.1) is 13.8 Å². The molecule has 0 aromatic heterocycles. The van der Waals surface area contributed by atoms with Gasteiger partial charge in [-0.1, -0.05) is 0 Å². The molecule has 0 heterocycles. The molecular formula is C11H17NO2S. The molecule has 3 nitrogen and oxygen atoms in total. The van der Waals surface area contributed by atoms with Crippen molar-refractivity contribution in [1.82, 2.24) is 0 Å². The lowest BCUT2D eigenvalue weighted by Crippen LogP contribution is -2.01. The number of nitrogens with one attached hydrogen (secondary N) is 1. The van der Waals surface area contributed by atoms with Crippen molar-refractivity contribution in [2.75, 3.05) is 18.1 Å². The van der Waals surface area contributed by atoms with Gasteiger partial charge in [0.2, 0.25) is 0 Å². The first kappa shape index (κ1) is 12.0. The number of hydrogen-bond donors (Lipinski definition) is 2. The summed E-state index contributed by atoms with van der Waals surface area (Å²) in [6.07, 6.45) is 0.611. The number of hydrogen-bond acceptors (Lipinski definition) is 3. The molecule has 0 atom stereocenters. The van der Waals surface area contributed by atoms with E-state index in [1.54, 1.807) is 0 Å². The summed E-state index contributed by atoms with van der Waals surface area (Å²) in [7, 11) is -0.398. The van der Waals surface area contributed by atoms with Gasteiger partial charge in [0.05, 0.1) is 5.75 Å². The fourth-order valence-corrected chi connectivity index (χ4v) is 2.14. The fourth-order valence-electron chi connectivity index (χ4n) is 1.74. The van der Waals surface area contributed by atoms with Crippen molar-refractivity contribution in [2.45, 2.75) is 20.3 Å². The Bertz CT molecular complexity index is 394. The lowest BCUT2D eigenvalue weighted by molar-refractivity contribution is 0.614. The minimum atomic E-state index is -2.28. The van der Waals surface area contributed by atoms with Gasteiger partial charge in [-0.3, -0.25) is 0 Å². The van der Waals surface area contributed by atoms with Crippen molar-refractivity contribution >= 4 is 16.4 Å². The number of rotatable bonds is 4. The predicted molar refractivity (Wildman–Crippen MR) is 64.3 cm³/mol. The maximum Gasteiger partial charge on any atom is 0.140 e. The second-order valence-corrected chi connectivity index (χ2v) is 4.76. The molecule has 84 valence electrons. The molecule has 0 bridgehead atoms. The third kappa shape index (κ3) is 3.23. The van der Waals surface area contributed by atoms with Gasteiger partial charge >= 0.3 is 0 Å². The maximum absolute atomic E-state index is 10.5. The lowest BCUT2D eigenvalue weighted by atomic mass is 10.00. The number of thiol groups is 1. The van der Waals surface area contributed by atoms with Crippen LogP contribution in [0.1, 0.15) is 16.7 Å². The highest BCUT2D eigenvalue weighted by Gasteiger charge is 2.04. The first-order valence-electron chi connectivity index (χ1n) is 4.94. The maximum atomic E-state index is 10.5. The van der Waals surface area contributed by atoms with Crippen molar-refractivity contribution in [3.63, 3.8) is 0 Å². The Kier molecular flexibility index (Phi) is 4.15. The summed E-state index contributed by atoms with van der Waals surface area (Å²) in [4.78, 5) is 0. The highest BCUT2D eigenvalue weighted by Crippen LogP contribution is 2.20. The van der Waals surface area contributed by atoms with Gasteiger partial charge in [-0.2, -0.15) is 0 Å². The molecule has 0 amide bonds. The Morgan fingerprint density at radius 3 is 2.13 bits per heavy atom. The van der Waals surface area contributed by atoms with Crippen LogP contribution in [0.2, 0.25) is 0 Å². The predicted octanol–water partition coefficient (Wildman–Crippen LogP) is 1.50. The van der Waals surface area contributed by atoms with Gasteiger partial charge in [0.15, 0.2) is 0 Å². The van der Waals surface area contributed by atoms with Gasteiger partial charge in [0, 0.05) is 12.7 Å². The Labute approximate surface area is 92.5 Å². The minimum Gasteiger partial charge on any atom is -0.388 e. The van der Waals surface area contributed by atoms with E-state index in [2.05, 4.69) is 5.32 Å². The lowest BCUT2D eigenvalue weighted by Gasteiger charge is -2.11. The van der Waals surface area contributed by atoms with E-state index >= 15 is 0 Å². The van der Waals surface area contributed by atoms with Crippen LogP contribution in [-0.2, 0) is 17.1 Å². The molecule has 15 heavy (non-hydrogen) atoms. The molecule has 0 fully saturated rings. The Balaban J connectivity index is 2.97. The Hall–Kier alpha value is -1.03. The second-order valence-electron chi connectivity index (χ2n) is 3.64. The first-order valence-corrected chi connectivity index (χ1v) is 6.30. The fraction of sp³-hybridized carbons (Fsp3) is 0.455. The summed E-state index contributed by atoms with van der Waals surface area (Å²) in [6, 6.07) is 4.08. The Morgan fingerprint density at radius 2 is 1.73 bits per heavy atom. The zero-order valence-electron chi connectivity index (χ0n) is 9.33. The van der Waals surface area contributed by atoms with Crippen LogP contribution in [0.3, 0.4) is 0 Å². The van der Waals surface area contributed by atoms with Crippen LogP contribution in [-0.4, -0.2) is 21.2 Å². The molecule has 1 rings (SSSR count). The third-order valence-corrected chi connectivity index (χ3v) is 3.12. The van der Waals surface area contributed by atoms with Gasteiger partial charge in [-0.05, 0) is 49.1 Å². The van der Waals surface area contributed by atoms with E-state index in [4.69, 9.17) is 0 Å². The van der Waals surface area contributed by atoms with E-state index in [-0.39, 0.29) is 5.75 Å². The van der Waals surface area contributed by atoms with Crippen LogP contribution in [0.4, 0.5) is 5.69 Å². The highest BCUT2D eigenvalue weighted by molar-refractivity contribution is 7.72. The molecule has 0 radical (unpaired) electrons. The summed E-state index contributed by atoms with van der Waals surface area (Å²) in [5.41, 5.74) is 4.51. The standard InChI is InChI=1S/C11H17NO2S/c1-8-6-10(12-3)7-9(2)11(8)4-5-15(13)14/h6-7,12,15H,4-5H2,1-3H3. The van der Waals surface area contributed by atoms with Crippen LogP contribution in [0.5, 0.6) is 0 Å². The van der Waals surface area contributed by atoms with Crippen molar-refractivity contribution in [1.29, 1.82) is 0 Å². The quantitative estimate of drug-likeness (QED) is 0.766. The van der Waals surface area contributed by atoms with Crippen LogP contribution in [0.25, 0.3) is 0 Å². The molecule has 0 aliphatic rings. The number of anilines is 1. The largest absolute Gasteiger partial charge is 0.388 e. The molecule has 1 aromatic rings. The summed E-state index contributed by atoms with van der Waals surface area (Å²) in [6.45, 7) is 4.03. The van der Waals surface area contributed by atoms with Gasteiger partial charge in [-0.15, -0.1) is 0 Å². The van der Waals surface area contributed by atoms with E-state index in [0.717, 1.165) is 22.4 Å². The average molecular weight is 227 g/mol. The zero-order valence-corrected chi connectivity index (χ0v) is 10.2. The normalized spacial score (nSPS) is 10.7. The minimum absolute atomic E-state index is 0.232. The SMILES string of the molecule is CNc1cc(C)c(CC[SH](=O)=O)c(C)c1. The van der Waals surface area contributed by atoms with E-state index in [9.17, 15) is 8.42 Å².